The second-order valence-electron chi connectivity index (χ2n) is 7.31. The van der Waals surface area contributed by atoms with Gasteiger partial charge >= 0.3 is 0 Å². The van der Waals surface area contributed by atoms with E-state index in [0.29, 0.717) is 24.8 Å². The van der Waals surface area contributed by atoms with Gasteiger partial charge in [0.25, 0.3) is 0 Å². The van der Waals surface area contributed by atoms with Crippen LogP contribution in [0.4, 0.5) is 13.2 Å². The summed E-state index contributed by atoms with van der Waals surface area (Å²) in [6.45, 7) is 0. The molecule has 1 spiro atoms. The second-order valence-corrected chi connectivity index (χ2v) is 7.31. The Kier molecular flexibility index (Phi) is 3.22. The van der Waals surface area contributed by atoms with E-state index in [1.54, 1.807) is 0 Å². The van der Waals surface area contributed by atoms with E-state index in [0.717, 1.165) is 31.7 Å². The van der Waals surface area contributed by atoms with Gasteiger partial charge in [-0.05, 0) is 43.7 Å². The lowest BCUT2D eigenvalue weighted by Crippen LogP contribution is -2.36. The minimum Gasteiger partial charge on any atom is -0.348 e. The summed E-state index contributed by atoms with van der Waals surface area (Å²) < 4.78 is 41.0. The third kappa shape index (κ3) is 1.87. The summed E-state index contributed by atoms with van der Waals surface area (Å²) in [6, 6.07) is 2.47. The zero-order valence-corrected chi connectivity index (χ0v) is 13.1. The van der Waals surface area contributed by atoms with E-state index >= 15 is 0 Å². The Bertz CT molecular complexity index is 779. The molecular weight excluding hydrogens is 317 g/mol. The lowest BCUT2D eigenvalue weighted by molar-refractivity contribution is -0.126. The molecule has 2 saturated carbocycles. The van der Waals surface area contributed by atoms with Crippen molar-refractivity contribution in [1.29, 1.82) is 5.26 Å². The molecule has 0 heterocycles. The van der Waals surface area contributed by atoms with Crippen molar-refractivity contribution >= 4 is 5.91 Å². The molecule has 1 amide bonds. The van der Waals surface area contributed by atoms with Gasteiger partial charge < -0.3 is 5.32 Å². The molecule has 0 saturated heterocycles. The van der Waals surface area contributed by atoms with Gasteiger partial charge in [-0.3, -0.25) is 4.79 Å². The summed E-state index contributed by atoms with van der Waals surface area (Å²) in [5, 5.41) is 12.3. The number of nitrogens with one attached hydrogen (secondary N) is 1. The summed E-state index contributed by atoms with van der Waals surface area (Å²) in [4.78, 5) is 12.7. The van der Waals surface area contributed by atoms with Crippen LogP contribution in [-0.2, 0) is 11.2 Å². The van der Waals surface area contributed by atoms with E-state index in [2.05, 4.69) is 11.4 Å². The fraction of sp³-hybridized carbons (Fsp3) is 0.556. The third-order valence-electron chi connectivity index (χ3n) is 6.16. The van der Waals surface area contributed by atoms with Crippen LogP contribution in [0.1, 0.15) is 55.7 Å². The zero-order chi connectivity index (χ0) is 17.1. The zero-order valence-electron chi connectivity index (χ0n) is 13.1. The summed E-state index contributed by atoms with van der Waals surface area (Å²) in [6.07, 6.45) is 5.06. The van der Waals surface area contributed by atoms with Gasteiger partial charge in [0, 0.05) is 11.0 Å². The Balaban J connectivity index is 1.60. The second kappa shape index (κ2) is 4.98. The predicted molar refractivity (Wildman–Crippen MR) is 79.1 cm³/mol. The van der Waals surface area contributed by atoms with Crippen LogP contribution >= 0.6 is 0 Å². The predicted octanol–water partition coefficient (Wildman–Crippen LogP) is 3.68. The molecule has 0 unspecified atom stereocenters. The van der Waals surface area contributed by atoms with E-state index in [9.17, 15) is 23.2 Å². The highest BCUT2D eigenvalue weighted by Gasteiger charge is 2.73. The lowest BCUT2D eigenvalue weighted by atomic mass is 9.91. The largest absolute Gasteiger partial charge is 0.348 e. The highest BCUT2D eigenvalue weighted by Crippen LogP contribution is 2.71. The van der Waals surface area contributed by atoms with E-state index in [4.69, 9.17) is 0 Å². The van der Waals surface area contributed by atoms with Crippen LogP contribution in [0.5, 0.6) is 0 Å². The molecule has 0 radical (unpaired) electrons. The summed E-state index contributed by atoms with van der Waals surface area (Å²) in [5.41, 5.74) is -0.869. The first-order valence-corrected chi connectivity index (χ1v) is 8.33. The van der Waals surface area contributed by atoms with Crippen LogP contribution in [0.3, 0.4) is 0 Å². The summed E-state index contributed by atoms with van der Waals surface area (Å²) >= 11 is 0. The van der Waals surface area contributed by atoms with Gasteiger partial charge in [-0.2, -0.15) is 5.26 Å². The highest BCUT2D eigenvalue weighted by atomic mass is 19.2. The van der Waals surface area contributed by atoms with Crippen molar-refractivity contribution in [3.05, 3.63) is 34.6 Å². The normalized spacial score (nSPS) is 29.3. The van der Waals surface area contributed by atoms with Crippen LogP contribution in [-0.4, -0.2) is 5.91 Å². The van der Waals surface area contributed by atoms with Crippen LogP contribution in [0.25, 0.3) is 0 Å². The Morgan fingerprint density at radius 2 is 1.96 bits per heavy atom. The molecule has 6 heteroatoms. The number of rotatable bonds is 2. The maximum Gasteiger partial charge on any atom is 0.241 e. The van der Waals surface area contributed by atoms with Crippen molar-refractivity contribution in [2.75, 3.05) is 0 Å². The Morgan fingerprint density at radius 1 is 1.25 bits per heavy atom. The van der Waals surface area contributed by atoms with Crippen LogP contribution in [0.2, 0.25) is 0 Å². The molecule has 0 bridgehead atoms. The highest BCUT2D eigenvalue weighted by molar-refractivity contribution is 5.90. The minimum atomic E-state index is -1.51. The van der Waals surface area contributed by atoms with Crippen molar-refractivity contribution in [3.63, 3.8) is 0 Å². The van der Waals surface area contributed by atoms with Crippen LogP contribution in [0, 0.1) is 39.6 Å². The molecule has 3 nitrogen and oxygen atoms in total. The molecule has 1 aromatic carbocycles. The number of fused-ring (bicyclic) bond motifs is 1. The van der Waals surface area contributed by atoms with Gasteiger partial charge in [0.15, 0.2) is 17.5 Å². The molecule has 126 valence electrons. The van der Waals surface area contributed by atoms with Gasteiger partial charge in [-0.15, -0.1) is 0 Å². The van der Waals surface area contributed by atoms with Gasteiger partial charge in [0.2, 0.25) is 5.91 Å². The molecule has 24 heavy (non-hydrogen) atoms. The number of aryl methyl sites for hydroxylation is 1. The molecule has 3 aliphatic rings. The topological polar surface area (TPSA) is 52.9 Å². The average molecular weight is 334 g/mol. The number of halogens is 3. The number of carbonyl (C=O) groups is 1. The molecule has 0 aromatic heterocycles. The number of hydrogen-bond acceptors (Lipinski definition) is 2. The number of benzene rings is 1. The number of carbonyl (C=O) groups excluding carboxylic acids is 1. The first kappa shape index (κ1) is 15.5. The Morgan fingerprint density at radius 3 is 2.62 bits per heavy atom. The molecule has 2 atom stereocenters. The van der Waals surface area contributed by atoms with Gasteiger partial charge in [-0.25, -0.2) is 13.2 Å². The molecule has 1 aromatic rings. The third-order valence-corrected chi connectivity index (χ3v) is 6.16. The van der Waals surface area contributed by atoms with Crippen molar-refractivity contribution in [2.24, 2.45) is 10.8 Å². The van der Waals surface area contributed by atoms with E-state index in [1.165, 1.54) is 0 Å². The lowest BCUT2D eigenvalue weighted by Gasteiger charge is -2.20. The number of nitrogens with zero attached hydrogens (tertiary/aromatic N) is 1. The maximum atomic E-state index is 14.1. The average Bonchev–Trinajstić information content (AvgIpc) is 2.85. The van der Waals surface area contributed by atoms with Gasteiger partial charge in [0.05, 0.1) is 12.1 Å². The fourth-order valence-corrected chi connectivity index (χ4v) is 4.76. The SMILES string of the molecule is N#C[C@@]1(C(=O)N[C@H]2CCc3cc(F)c(F)c(F)c32)CC12CCCC2. The molecule has 3 aliphatic carbocycles. The van der Waals surface area contributed by atoms with Gasteiger partial charge in [-0.1, -0.05) is 12.8 Å². The first-order valence-electron chi connectivity index (χ1n) is 8.33. The van der Waals surface area contributed by atoms with Crippen molar-refractivity contribution in [1.82, 2.24) is 5.32 Å². The fourth-order valence-electron chi connectivity index (χ4n) is 4.76. The standard InChI is InChI=1S/C18H17F3N2O/c19-11-7-10-3-4-12(13(10)15(21)14(11)20)23-16(24)18(9-22)8-17(18)5-1-2-6-17/h7,12H,1-6,8H2,(H,23,24)/t12-,18+/m0/s1. The number of amides is 1. The van der Waals surface area contributed by atoms with E-state index in [-0.39, 0.29) is 11.0 Å². The number of hydrogen-bond donors (Lipinski definition) is 1. The molecule has 0 aliphatic heterocycles. The van der Waals surface area contributed by atoms with Crippen molar-refractivity contribution < 1.29 is 18.0 Å². The minimum absolute atomic E-state index is 0.0245. The smallest absolute Gasteiger partial charge is 0.241 e. The molecule has 2 fully saturated rings. The van der Waals surface area contributed by atoms with Crippen molar-refractivity contribution in [3.8, 4) is 6.07 Å². The quantitative estimate of drug-likeness (QED) is 0.839. The first-order chi connectivity index (χ1) is 11.4. The number of nitriles is 1. The molecule has 4 rings (SSSR count). The Hall–Kier alpha value is -2.03. The van der Waals surface area contributed by atoms with E-state index < -0.39 is 34.8 Å². The summed E-state index contributed by atoms with van der Waals surface area (Å²) in [7, 11) is 0. The monoisotopic (exact) mass is 334 g/mol. The van der Waals surface area contributed by atoms with Crippen LogP contribution < -0.4 is 5.32 Å². The van der Waals surface area contributed by atoms with Crippen molar-refractivity contribution in [2.45, 2.75) is 51.0 Å². The van der Waals surface area contributed by atoms with Crippen LogP contribution in [0.15, 0.2) is 6.07 Å². The maximum absolute atomic E-state index is 14.1. The molecular formula is C18H17F3N2O. The van der Waals surface area contributed by atoms with Gasteiger partial charge in [0.1, 0.15) is 5.41 Å². The van der Waals surface area contributed by atoms with E-state index in [1.807, 2.05) is 0 Å². The molecule has 1 N–H and O–H groups in total. The Labute approximate surface area is 137 Å². The summed E-state index contributed by atoms with van der Waals surface area (Å²) in [5.74, 6) is -4.35.